The van der Waals surface area contributed by atoms with Crippen molar-refractivity contribution in [2.45, 2.75) is 44.8 Å². The van der Waals surface area contributed by atoms with Gasteiger partial charge in [0.25, 0.3) is 0 Å². The fourth-order valence-electron chi connectivity index (χ4n) is 2.07. The number of aliphatic hydroxyl groups is 1. The summed E-state index contributed by atoms with van der Waals surface area (Å²) in [4.78, 5) is 57.7. The molecule has 12 nitrogen and oxygen atoms in total. The number of carbonyl (C=O) groups excluding carboxylic acids is 3. The minimum absolute atomic E-state index is 0.0417. The highest BCUT2D eigenvalue weighted by Crippen LogP contribution is 2.05. The zero-order valence-electron chi connectivity index (χ0n) is 15.1. The van der Waals surface area contributed by atoms with Crippen LogP contribution in [0.4, 0.5) is 0 Å². The number of rotatable bonds is 12. The van der Waals surface area contributed by atoms with Crippen molar-refractivity contribution in [3.05, 3.63) is 0 Å². The fraction of sp³-hybridized carbons (Fsp3) is 0.667. The van der Waals surface area contributed by atoms with E-state index in [4.69, 9.17) is 15.9 Å². The largest absolute Gasteiger partial charge is 0.481 e. The van der Waals surface area contributed by atoms with Crippen molar-refractivity contribution < 1.29 is 39.3 Å². The summed E-state index contributed by atoms with van der Waals surface area (Å²) < 4.78 is 0. The van der Waals surface area contributed by atoms with E-state index in [1.807, 2.05) is 0 Å². The van der Waals surface area contributed by atoms with Gasteiger partial charge in [-0.25, -0.2) is 4.79 Å². The maximum absolute atomic E-state index is 12.2. The van der Waals surface area contributed by atoms with E-state index in [1.165, 1.54) is 0 Å². The molecule has 0 heterocycles. The molecule has 3 unspecified atom stereocenters. The Kier molecular flexibility index (Phi) is 10.6. The van der Waals surface area contributed by atoms with E-state index in [1.54, 1.807) is 13.8 Å². The van der Waals surface area contributed by atoms with E-state index < -0.39 is 67.4 Å². The van der Waals surface area contributed by atoms with Gasteiger partial charge in [0.05, 0.1) is 19.6 Å². The molecule has 0 aromatic carbocycles. The van der Waals surface area contributed by atoms with Gasteiger partial charge in [-0.15, -0.1) is 0 Å². The number of nitrogens with two attached hydrogens (primary N) is 1. The third-order valence-electron chi connectivity index (χ3n) is 3.35. The molecule has 0 aliphatic rings. The average molecular weight is 390 g/mol. The van der Waals surface area contributed by atoms with Crippen LogP contribution in [-0.2, 0) is 24.0 Å². The molecule has 0 rings (SSSR count). The summed E-state index contributed by atoms with van der Waals surface area (Å²) in [5.74, 6) is -5.49. The first-order chi connectivity index (χ1) is 12.5. The van der Waals surface area contributed by atoms with Gasteiger partial charge in [-0.3, -0.25) is 19.2 Å². The number of carbonyl (C=O) groups is 5. The second kappa shape index (κ2) is 11.8. The number of aliphatic hydroxyl groups excluding tert-OH is 1. The lowest BCUT2D eigenvalue weighted by Crippen LogP contribution is -2.57. The molecule has 154 valence electrons. The maximum atomic E-state index is 12.2. The average Bonchev–Trinajstić information content (AvgIpc) is 2.56. The van der Waals surface area contributed by atoms with E-state index in [-0.39, 0.29) is 12.3 Å². The van der Waals surface area contributed by atoms with Crippen LogP contribution in [0.1, 0.15) is 26.7 Å². The number of hydrogen-bond donors (Lipinski definition) is 7. The fourth-order valence-corrected chi connectivity index (χ4v) is 2.07. The van der Waals surface area contributed by atoms with Gasteiger partial charge in [0, 0.05) is 0 Å². The zero-order chi connectivity index (χ0) is 21.1. The van der Waals surface area contributed by atoms with Crippen molar-refractivity contribution in [1.29, 1.82) is 0 Å². The first-order valence-electron chi connectivity index (χ1n) is 8.17. The van der Waals surface area contributed by atoms with Crippen LogP contribution in [0.5, 0.6) is 0 Å². The topological polar surface area (TPSA) is 208 Å². The third-order valence-corrected chi connectivity index (χ3v) is 3.35. The quantitative estimate of drug-likeness (QED) is 0.181. The molecule has 0 saturated heterocycles. The zero-order valence-corrected chi connectivity index (χ0v) is 15.1. The molecule has 0 spiro atoms. The van der Waals surface area contributed by atoms with Gasteiger partial charge < -0.3 is 37.0 Å². The Labute approximate surface area is 155 Å². The standard InChI is InChI=1S/C15H26N4O8/c1-7(2)3-9(15(26)27)18-14(25)10(6-20)19-13(24)8(4-12(22)23)17-11(21)5-16/h7-10,20H,3-6,16H2,1-2H3,(H,17,21)(H,18,25)(H,19,24)(H,22,23)(H,26,27). The molecule has 0 saturated carbocycles. The van der Waals surface area contributed by atoms with E-state index in [9.17, 15) is 29.1 Å². The number of aliphatic carboxylic acids is 2. The Morgan fingerprint density at radius 2 is 1.41 bits per heavy atom. The molecule has 3 amide bonds. The molecule has 0 aromatic heterocycles. The number of amides is 3. The number of carboxylic acids is 2. The second-order valence-corrected chi connectivity index (χ2v) is 6.19. The van der Waals surface area contributed by atoms with Crippen LogP contribution in [0.15, 0.2) is 0 Å². The highest BCUT2D eigenvalue weighted by atomic mass is 16.4. The van der Waals surface area contributed by atoms with E-state index in [2.05, 4.69) is 16.0 Å². The summed E-state index contributed by atoms with van der Waals surface area (Å²) in [5.41, 5.74) is 5.10. The molecular weight excluding hydrogens is 364 g/mol. The monoisotopic (exact) mass is 390 g/mol. The first kappa shape index (κ1) is 24.3. The predicted molar refractivity (Wildman–Crippen MR) is 91.3 cm³/mol. The van der Waals surface area contributed by atoms with Crippen LogP contribution in [0.2, 0.25) is 0 Å². The minimum atomic E-state index is -1.53. The Bertz CT molecular complexity index is 566. The van der Waals surface area contributed by atoms with Crippen LogP contribution in [0, 0.1) is 5.92 Å². The molecule has 0 bridgehead atoms. The highest BCUT2D eigenvalue weighted by Gasteiger charge is 2.30. The molecule has 8 N–H and O–H groups in total. The predicted octanol–water partition coefficient (Wildman–Crippen LogP) is -3.00. The molecule has 0 fully saturated rings. The van der Waals surface area contributed by atoms with Crippen LogP contribution in [-0.4, -0.2) is 76.3 Å². The van der Waals surface area contributed by atoms with Crippen molar-refractivity contribution in [3.8, 4) is 0 Å². The number of nitrogens with one attached hydrogen (secondary N) is 3. The molecule has 3 atom stereocenters. The number of hydrogen-bond acceptors (Lipinski definition) is 7. The Balaban J connectivity index is 5.10. The van der Waals surface area contributed by atoms with Gasteiger partial charge >= 0.3 is 11.9 Å². The summed E-state index contributed by atoms with van der Waals surface area (Å²) >= 11 is 0. The van der Waals surface area contributed by atoms with Gasteiger partial charge in [-0.2, -0.15) is 0 Å². The molecule has 0 radical (unpaired) electrons. The Morgan fingerprint density at radius 1 is 0.889 bits per heavy atom. The molecular formula is C15H26N4O8. The van der Waals surface area contributed by atoms with Crippen molar-refractivity contribution in [3.63, 3.8) is 0 Å². The molecule has 0 aliphatic carbocycles. The molecule has 0 aliphatic heterocycles. The SMILES string of the molecule is CC(C)CC(NC(=O)C(CO)NC(=O)C(CC(=O)O)NC(=O)CN)C(=O)O. The van der Waals surface area contributed by atoms with E-state index >= 15 is 0 Å². The smallest absolute Gasteiger partial charge is 0.326 e. The normalized spacial score (nSPS) is 14.0. The summed E-state index contributed by atoms with van der Waals surface area (Å²) in [7, 11) is 0. The van der Waals surface area contributed by atoms with Gasteiger partial charge in [-0.1, -0.05) is 13.8 Å². The van der Waals surface area contributed by atoms with Crippen molar-refractivity contribution >= 4 is 29.7 Å². The van der Waals surface area contributed by atoms with Gasteiger partial charge in [-0.05, 0) is 12.3 Å². The van der Waals surface area contributed by atoms with Crippen molar-refractivity contribution in [2.24, 2.45) is 11.7 Å². The van der Waals surface area contributed by atoms with Crippen molar-refractivity contribution in [1.82, 2.24) is 16.0 Å². The lowest BCUT2D eigenvalue weighted by molar-refractivity contribution is -0.143. The Morgan fingerprint density at radius 3 is 1.81 bits per heavy atom. The van der Waals surface area contributed by atoms with Gasteiger partial charge in [0.1, 0.15) is 18.1 Å². The number of carboxylic acid groups (broad SMARTS) is 2. The molecule has 27 heavy (non-hydrogen) atoms. The van der Waals surface area contributed by atoms with Gasteiger partial charge in [0.15, 0.2) is 0 Å². The third kappa shape index (κ3) is 9.51. The molecule has 12 heteroatoms. The van der Waals surface area contributed by atoms with Gasteiger partial charge in [0.2, 0.25) is 17.7 Å². The van der Waals surface area contributed by atoms with Crippen LogP contribution >= 0.6 is 0 Å². The molecule has 0 aromatic rings. The maximum Gasteiger partial charge on any atom is 0.326 e. The summed E-state index contributed by atoms with van der Waals surface area (Å²) in [6, 6.07) is -4.28. The highest BCUT2D eigenvalue weighted by molar-refractivity contribution is 5.95. The Hall–Kier alpha value is -2.73. The van der Waals surface area contributed by atoms with E-state index in [0.29, 0.717) is 0 Å². The minimum Gasteiger partial charge on any atom is -0.481 e. The lowest BCUT2D eigenvalue weighted by atomic mass is 10.0. The van der Waals surface area contributed by atoms with Crippen LogP contribution in [0.25, 0.3) is 0 Å². The lowest BCUT2D eigenvalue weighted by Gasteiger charge is -2.23. The van der Waals surface area contributed by atoms with Crippen LogP contribution in [0.3, 0.4) is 0 Å². The van der Waals surface area contributed by atoms with E-state index in [0.717, 1.165) is 0 Å². The summed E-state index contributed by atoms with van der Waals surface area (Å²) in [6.07, 6.45) is -0.649. The summed E-state index contributed by atoms with van der Waals surface area (Å²) in [5, 5.41) is 33.7. The van der Waals surface area contributed by atoms with Crippen LogP contribution < -0.4 is 21.7 Å². The second-order valence-electron chi connectivity index (χ2n) is 6.19. The van der Waals surface area contributed by atoms with Crippen molar-refractivity contribution in [2.75, 3.05) is 13.2 Å². The first-order valence-corrected chi connectivity index (χ1v) is 8.17. The summed E-state index contributed by atoms with van der Waals surface area (Å²) in [6.45, 7) is 2.16.